The molecule has 0 spiro atoms. The van der Waals surface area contributed by atoms with Gasteiger partial charge in [0.2, 0.25) is 0 Å². The van der Waals surface area contributed by atoms with Crippen LogP contribution in [0.25, 0.3) is 0 Å². The fraction of sp³-hybridized carbons (Fsp3) is 0.581. The first-order valence-electron chi connectivity index (χ1n) is 13.9. The number of fused-ring (bicyclic) bond motifs is 1. The molecule has 2 fully saturated rings. The van der Waals surface area contributed by atoms with Gasteiger partial charge in [-0.25, -0.2) is 0 Å². The Bertz CT molecular complexity index is 1070. The smallest absolute Gasteiger partial charge is 0.161 e. The van der Waals surface area contributed by atoms with E-state index in [9.17, 15) is 4.79 Å². The van der Waals surface area contributed by atoms with Crippen molar-refractivity contribution in [1.82, 2.24) is 4.90 Å². The third kappa shape index (κ3) is 5.84. The van der Waals surface area contributed by atoms with Gasteiger partial charge in [-0.05, 0) is 99.7 Å². The number of carbonyl (C=O) groups excluding carboxylic acids is 1. The molecule has 37 heavy (non-hydrogen) atoms. The molecule has 1 saturated carbocycles. The number of hydrogen-bond donors (Lipinski definition) is 0. The van der Waals surface area contributed by atoms with Crippen molar-refractivity contribution in [2.75, 3.05) is 26.9 Å². The summed E-state index contributed by atoms with van der Waals surface area (Å²) in [7, 11) is 1.71. The summed E-state index contributed by atoms with van der Waals surface area (Å²) in [5.74, 6) is 2.49. The number of benzene rings is 2. The normalized spacial score (nSPS) is 25.1. The molecule has 0 aromatic heterocycles. The lowest BCUT2D eigenvalue weighted by molar-refractivity contribution is -0.131. The molecule has 2 aromatic carbocycles. The summed E-state index contributed by atoms with van der Waals surface area (Å²) < 4.78 is 17.4. The maximum Gasteiger partial charge on any atom is 0.161 e. The second kappa shape index (κ2) is 11.8. The summed E-state index contributed by atoms with van der Waals surface area (Å²) >= 11 is 6.28. The zero-order valence-electron chi connectivity index (χ0n) is 22.4. The van der Waals surface area contributed by atoms with Crippen molar-refractivity contribution in [2.45, 2.75) is 77.0 Å². The average Bonchev–Trinajstić information content (AvgIpc) is 2.92. The average molecular weight is 526 g/mol. The van der Waals surface area contributed by atoms with Crippen molar-refractivity contribution >= 4 is 17.4 Å². The molecule has 1 atom stereocenters. The van der Waals surface area contributed by atoms with Crippen molar-refractivity contribution in [2.24, 2.45) is 11.8 Å². The maximum absolute atomic E-state index is 13.2. The van der Waals surface area contributed by atoms with Crippen LogP contribution in [0.15, 0.2) is 36.4 Å². The number of carbonyl (C=O) groups is 1. The van der Waals surface area contributed by atoms with Crippen LogP contribution in [0.5, 0.6) is 11.5 Å². The molecule has 200 valence electrons. The molecule has 2 aliphatic heterocycles. The second-order valence-corrected chi connectivity index (χ2v) is 11.5. The van der Waals surface area contributed by atoms with Crippen molar-refractivity contribution in [3.8, 4) is 11.5 Å². The Kier molecular flexibility index (Phi) is 8.43. The van der Waals surface area contributed by atoms with Crippen LogP contribution >= 0.6 is 11.6 Å². The van der Waals surface area contributed by atoms with E-state index in [1.807, 2.05) is 26.0 Å². The first-order valence-corrected chi connectivity index (χ1v) is 14.3. The Morgan fingerprint density at radius 3 is 2.30 bits per heavy atom. The Balaban J connectivity index is 1.41. The van der Waals surface area contributed by atoms with E-state index in [2.05, 4.69) is 29.2 Å². The van der Waals surface area contributed by atoms with E-state index in [-0.39, 0.29) is 24.0 Å². The Hall–Kier alpha value is -2.08. The first-order chi connectivity index (χ1) is 17.9. The molecule has 2 heterocycles. The highest BCUT2D eigenvalue weighted by Crippen LogP contribution is 2.44. The highest BCUT2D eigenvalue weighted by Gasteiger charge is 2.38. The third-order valence-electron chi connectivity index (χ3n) is 8.43. The van der Waals surface area contributed by atoms with Crippen LogP contribution in [0.2, 0.25) is 5.02 Å². The van der Waals surface area contributed by atoms with Crippen LogP contribution in [-0.2, 0) is 16.0 Å². The predicted molar refractivity (Wildman–Crippen MR) is 147 cm³/mol. The molecule has 5 nitrogen and oxygen atoms in total. The predicted octanol–water partition coefficient (Wildman–Crippen LogP) is 6.64. The minimum absolute atomic E-state index is 0.0594. The van der Waals surface area contributed by atoms with E-state index < -0.39 is 0 Å². The van der Waals surface area contributed by atoms with Crippen LogP contribution in [0.3, 0.4) is 0 Å². The van der Waals surface area contributed by atoms with Gasteiger partial charge in [0.25, 0.3) is 0 Å². The molecule has 1 aliphatic carbocycles. The van der Waals surface area contributed by atoms with Gasteiger partial charge in [0, 0.05) is 42.7 Å². The van der Waals surface area contributed by atoms with Gasteiger partial charge in [-0.15, -0.1) is 0 Å². The molecular weight excluding hydrogens is 486 g/mol. The van der Waals surface area contributed by atoms with Gasteiger partial charge in [-0.1, -0.05) is 23.7 Å². The van der Waals surface area contributed by atoms with E-state index in [0.717, 1.165) is 81.2 Å². The van der Waals surface area contributed by atoms with Crippen molar-refractivity contribution in [3.63, 3.8) is 0 Å². The second-order valence-electron chi connectivity index (χ2n) is 11.1. The SMILES string of the molecule is COc1cc2c(cc1OC(C)C)[C@H](c1ccc(Cl)cc1)N(C1CCC(C(=O)C3CCOCC3)CC1)CC2. The number of nitrogens with zero attached hydrogens (tertiary/aromatic N) is 1. The van der Waals surface area contributed by atoms with E-state index in [1.54, 1.807) is 7.11 Å². The molecule has 0 amide bonds. The molecule has 2 aromatic rings. The molecule has 0 bridgehead atoms. The third-order valence-corrected chi connectivity index (χ3v) is 8.68. The van der Waals surface area contributed by atoms with Gasteiger partial charge in [-0.3, -0.25) is 9.69 Å². The molecular formula is C31H40ClNO4. The highest BCUT2D eigenvalue weighted by molar-refractivity contribution is 6.30. The minimum atomic E-state index is 0.0594. The lowest BCUT2D eigenvalue weighted by Crippen LogP contribution is -2.45. The lowest BCUT2D eigenvalue weighted by Gasteiger charge is -2.45. The van der Waals surface area contributed by atoms with Crippen LogP contribution in [-0.4, -0.2) is 49.7 Å². The molecule has 5 rings (SSSR count). The monoisotopic (exact) mass is 525 g/mol. The van der Waals surface area contributed by atoms with Gasteiger partial charge in [0.1, 0.15) is 5.78 Å². The van der Waals surface area contributed by atoms with Gasteiger partial charge in [0.15, 0.2) is 11.5 Å². The number of rotatable bonds is 7. The van der Waals surface area contributed by atoms with Gasteiger partial charge in [0.05, 0.1) is 19.3 Å². The quantitative estimate of drug-likeness (QED) is 0.405. The highest BCUT2D eigenvalue weighted by atomic mass is 35.5. The number of halogens is 1. The van der Waals surface area contributed by atoms with Crippen LogP contribution in [0.4, 0.5) is 0 Å². The van der Waals surface area contributed by atoms with E-state index in [0.29, 0.717) is 11.8 Å². The van der Waals surface area contributed by atoms with E-state index >= 15 is 0 Å². The Labute approximate surface area is 226 Å². The van der Waals surface area contributed by atoms with Gasteiger partial charge in [-0.2, -0.15) is 0 Å². The summed E-state index contributed by atoms with van der Waals surface area (Å²) in [6.07, 6.45) is 6.91. The summed E-state index contributed by atoms with van der Waals surface area (Å²) in [5.41, 5.74) is 3.84. The van der Waals surface area contributed by atoms with Crippen molar-refractivity contribution < 1.29 is 19.0 Å². The zero-order valence-corrected chi connectivity index (χ0v) is 23.1. The fourth-order valence-corrected chi connectivity index (χ4v) is 6.69. The number of Topliss-reactive ketones (excluding diaryl/α,β-unsaturated/α-hetero) is 1. The zero-order chi connectivity index (χ0) is 25.9. The fourth-order valence-electron chi connectivity index (χ4n) is 6.57. The van der Waals surface area contributed by atoms with Crippen LogP contribution < -0.4 is 9.47 Å². The number of methoxy groups -OCH3 is 1. The summed E-state index contributed by atoms with van der Waals surface area (Å²) in [6.45, 7) is 6.53. The first kappa shape index (κ1) is 26.5. The van der Waals surface area contributed by atoms with Gasteiger partial charge < -0.3 is 14.2 Å². The molecule has 1 saturated heterocycles. The van der Waals surface area contributed by atoms with Gasteiger partial charge >= 0.3 is 0 Å². The molecule has 0 radical (unpaired) electrons. The number of ketones is 1. The number of ether oxygens (including phenoxy) is 3. The lowest BCUT2D eigenvalue weighted by atomic mass is 9.76. The Morgan fingerprint density at radius 2 is 1.65 bits per heavy atom. The number of hydrogen-bond acceptors (Lipinski definition) is 5. The van der Waals surface area contributed by atoms with Crippen molar-refractivity contribution in [3.05, 3.63) is 58.1 Å². The van der Waals surface area contributed by atoms with E-state index in [4.69, 9.17) is 25.8 Å². The molecule has 0 N–H and O–H groups in total. The van der Waals surface area contributed by atoms with Crippen molar-refractivity contribution in [1.29, 1.82) is 0 Å². The summed E-state index contributed by atoms with van der Waals surface area (Å²) in [6, 6.07) is 13.2. The van der Waals surface area contributed by atoms with Crippen LogP contribution in [0, 0.1) is 11.8 Å². The molecule has 6 heteroatoms. The molecule has 0 unspecified atom stereocenters. The summed E-state index contributed by atoms with van der Waals surface area (Å²) in [4.78, 5) is 15.9. The maximum atomic E-state index is 13.2. The van der Waals surface area contributed by atoms with E-state index in [1.165, 1.54) is 16.7 Å². The standard InChI is InChI=1S/C31H40ClNO4/c1-20(2)37-29-19-27-24(18-28(29)35-3)12-15-33(30(27)21-4-8-25(32)9-5-21)26-10-6-22(7-11-26)31(34)23-13-16-36-17-14-23/h4-5,8-9,18-20,22-23,26,30H,6-7,10-17H2,1-3H3/t22?,26?,30-/m0/s1. The minimum Gasteiger partial charge on any atom is -0.493 e. The summed E-state index contributed by atoms with van der Waals surface area (Å²) in [5, 5.41) is 0.747. The molecule has 3 aliphatic rings. The largest absolute Gasteiger partial charge is 0.493 e. The Morgan fingerprint density at radius 1 is 0.973 bits per heavy atom. The topological polar surface area (TPSA) is 48.0 Å². The van der Waals surface area contributed by atoms with Crippen LogP contribution in [0.1, 0.15) is 75.1 Å².